The molecule has 37 heavy (non-hydrogen) atoms. The number of hydrogen-bond acceptors (Lipinski definition) is 8. The third-order valence-electron chi connectivity index (χ3n) is 6.63. The van der Waals surface area contributed by atoms with E-state index in [4.69, 9.17) is 14.2 Å². The van der Waals surface area contributed by atoms with Gasteiger partial charge in [-0.25, -0.2) is 4.79 Å². The van der Waals surface area contributed by atoms with Crippen LogP contribution in [0.1, 0.15) is 69.5 Å². The van der Waals surface area contributed by atoms with Gasteiger partial charge in [0.15, 0.2) is 12.4 Å². The standard InChI is InChI=1S/C26H35N5O6/c1-4-9-27-14-19-21(32)11-18(35-3)12-22(19)36-15-24(33)28-23-13-20(30-31-23)16-5-6-17(10-16)37-25(34)29-26(2)7-8-26/h11-14,16-17,32H,4-10,15H2,1-3H3,(H,29,34)(H2,28,30,31,33)/t16-,17+/m0/s1. The highest BCUT2D eigenvalue weighted by Gasteiger charge is 2.40. The van der Waals surface area contributed by atoms with E-state index in [1.165, 1.54) is 19.4 Å². The van der Waals surface area contributed by atoms with Gasteiger partial charge in [0.05, 0.1) is 12.7 Å². The van der Waals surface area contributed by atoms with Crippen LogP contribution in [-0.4, -0.2) is 65.4 Å². The van der Waals surface area contributed by atoms with Gasteiger partial charge in [-0.2, -0.15) is 5.10 Å². The number of H-pyrrole nitrogens is 1. The van der Waals surface area contributed by atoms with Crippen molar-refractivity contribution < 1.29 is 28.9 Å². The predicted octanol–water partition coefficient (Wildman–Crippen LogP) is 3.89. The van der Waals surface area contributed by atoms with E-state index >= 15 is 0 Å². The van der Waals surface area contributed by atoms with Crippen molar-refractivity contribution in [1.82, 2.24) is 15.5 Å². The van der Waals surface area contributed by atoms with Crippen LogP contribution in [0.25, 0.3) is 0 Å². The number of carbonyl (C=O) groups excluding carboxylic acids is 2. The summed E-state index contributed by atoms with van der Waals surface area (Å²) < 4.78 is 16.5. The van der Waals surface area contributed by atoms with Gasteiger partial charge in [-0.1, -0.05) is 6.92 Å². The Bertz CT molecular complexity index is 1140. The van der Waals surface area contributed by atoms with Gasteiger partial charge in [-0.15, -0.1) is 0 Å². The van der Waals surface area contributed by atoms with Crippen LogP contribution in [0.5, 0.6) is 17.2 Å². The molecule has 0 bridgehead atoms. The molecular formula is C26H35N5O6. The highest BCUT2D eigenvalue weighted by atomic mass is 16.6. The average Bonchev–Trinajstić information content (AvgIpc) is 3.22. The lowest BCUT2D eigenvalue weighted by molar-refractivity contribution is -0.118. The van der Waals surface area contributed by atoms with E-state index in [0.717, 1.165) is 37.8 Å². The van der Waals surface area contributed by atoms with Crippen molar-refractivity contribution in [2.45, 2.75) is 69.9 Å². The maximum atomic E-state index is 12.5. The summed E-state index contributed by atoms with van der Waals surface area (Å²) in [7, 11) is 1.48. The molecule has 11 nitrogen and oxygen atoms in total. The van der Waals surface area contributed by atoms with Crippen LogP contribution < -0.4 is 20.1 Å². The van der Waals surface area contributed by atoms with Gasteiger partial charge in [0, 0.05) is 48.1 Å². The molecule has 4 rings (SSSR count). The fourth-order valence-corrected chi connectivity index (χ4v) is 4.24. The Morgan fingerprint density at radius 1 is 1.30 bits per heavy atom. The second kappa shape index (κ2) is 11.5. The predicted molar refractivity (Wildman–Crippen MR) is 138 cm³/mol. The Morgan fingerprint density at radius 3 is 2.84 bits per heavy atom. The largest absolute Gasteiger partial charge is 0.507 e. The molecule has 1 aromatic carbocycles. The highest BCUT2D eigenvalue weighted by Crippen LogP contribution is 2.37. The molecule has 2 aliphatic rings. The van der Waals surface area contributed by atoms with Gasteiger partial charge in [0.1, 0.15) is 23.4 Å². The maximum Gasteiger partial charge on any atom is 0.407 e. The molecule has 0 spiro atoms. The summed E-state index contributed by atoms with van der Waals surface area (Å²) in [6, 6.07) is 4.84. The summed E-state index contributed by atoms with van der Waals surface area (Å²) in [6.45, 7) is 4.32. The average molecular weight is 514 g/mol. The van der Waals surface area contributed by atoms with Crippen molar-refractivity contribution >= 4 is 24.0 Å². The lowest BCUT2D eigenvalue weighted by Crippen LogP contribution is -2.36. The Balaban J connectivity index is 1.29. The Morgan fingerprint density at radius 2 is 2.11 bits per heavy atom. The number of nitrogens with zero attached hydrogens (tertiary/aromatic N) is 2. The van der Waals surface area contributed by atoms with Gasteiger partial charge in [0.25, 0.3) is 5.91 Å². The molecule has 2 fully saturated rings. The van der Waals surface area contributed by atoms with E-state index in [1.807, 2.05) is 13.8 Å². The van der Waals surface area contributed by atoms with Gasteiger partial charge < -0.3 is 30.0 Å². The molecule has 1 aromatic heterocycles. The number of aromatic amines is 1. The van der Waals surface area contributed by atoms with Crippen LogP contribution in [-0.2, 0) is 9.53 Å². The number of rotatable bonds is 11. The van der Waals surface area contributed by atoms with Crippen LogP contribution in [0.15, 0.2) is 23.2 Å². The molecule has 0 aliphatic heterocycles. The maximum absolute atomic E-state index is 12.5. The first-order valence-electron chi connectivity index (χ1n) is 12.7. The van der Waals surface area contributed by atoms with Gasteiger partial charge in [0.2, 0.25) is 0 Å². The van der Waals surface area contributed by atoms with Gasteiger partial charge in [-0.3, -0.25) is 14.9 Å². The number of hydrogen-bond donors (Lipinski definition) is 4. The monoisotopic (exact) mass is 513 g/mol. The van der Waals surface area contributed by atoms with Crippen molar-refractivity contribution in [3.05, 3.63) is 29.5 Å². The first-order chi connectivity index (χ1) is 17.8. The zero-order chi connectivity index (χ0) is 26.4. The number of aromatic hydroxyl groups is 1. The summed E-state index contributed by atoms with van der Waals surface area (Å²) in [5.74, 6) is 0.764. The smallest absolute Gasteiger partial charge is 0.407 e. The molecule has 11 heteroatoms. The van der Waals surface area contributed by atoms with Gasteiger partial charge >= 0.3 is 6.09 Å². The van der Waals surface area contributed by atoms with Crippen LogP contribution >= 0.6 is 0 Å². The lowest BCUT2D eigenvalue weighted by atomic mass is 10.0. The normalized spacial score (nSPS) is 20.0. The van der Waals surface area contributed by atoms with Crippen molar-refractivity contribution in [3.63, 3.8) is 0 Å². The Labute approximate surface area is 216 Å². The SMILES string of the molecule is CCCN=Cc1c(O)cc(OC)cc1OCC(=O)Nc1cc([C@H]2CC[C@@H](OC(=O)NC3(C)CC3)C2)[nH]n1. The zero-order valence-corrected chi connectivity index (χ0v) is 21.5. The van der Waals surface area contributed by atoms with Gasteiger partial charge in [-0.05, 0) is 45.4 Å². The summed E-state index contributed by atoms with van der Waals surface area (Å²) in [5.41, 5.74) is 1.15. The number of alkyl carbamates (subject to hydrolysis) is 1. The summed E-state index contributed by atoms with van der Waals surface area (Å²) in [6.07, 6.45) is 6.20. The number of methoxy groups -OCH3 is 1. The number of ether oxygens (including phenoxy) is 3. The minimum absolute atomic E-state index is 0.0513. The molecule has 2 aliphatic carbocycles. The minimum Gasteiger partial charge on any atom is -0.507 e. The fraction of sp³-hybridized carbons (Fsp3) is 0.538. The van der Waals surface area contributed by atoms with E-state index < -0.39 is 5.91 Å². The molecular weight excluding hydrogens is 478 g/mol. The first-order valence-corrected chi connectivity index (χ1v) is 12.7. The molecule has 200 valence electrons. The number of nitrogens with one attached hydrogen (secondary N) is 3. The van der Waals surface area contributed by atoms with E-state index in [2.05, 4.69) is 25.8 Å². The number of aliphatic imine (C=N–C) groups is 1. The van der Waals surface area contributed by atoms with E-state index in [0.29, 0.717) is 30.1 Å². The second-order valence-corrected chi connectivity index (χ2v) is 9.86. The molecule has 0 saturated heterocycles. The topological polar surface area (TPSA) is 147 Å². The van der Waals surface area contributed by atoms with E-state index in [9.17, 15) is 14.7 Å². The minimum atomic E-state index is -0.408. The Hall–Kier alpha value is -3.76. The van der Waals surface area contributed by atoms with Crippen LogP contribution in [0.4, 0.5) is 10.6 Å². The van der Waals surface area contributed by atoms with Crippen molar-refractivity contribution in [2.24, 2.45) is 4.99 Å². The molecule has 2 atom stereocenters. The molecule has 2 amide bonds. The van der Waals surface area contributed by atoms with Crippen molar-refractivity contribution in [2.75, 3.05) is 25.6 Å². The third kappa shape index (κ3) is 7.14. The number of phenolic OH excluding ortho intramolecular Hbond substituents is 1. The quantitative estimate of drug-likeness (QED) is 0.333. The number of benzene rings is 1. The molecule has 0 unspecified atom stereocenters. The lowest BCUT2D eigenvalue weighted by Gasteiger charge is -2.16. The summed E-state index contributed by atoms with van der Waals surface area (Å²) in [5, 5.41) is 23.1. The van der Waals surface area contributed by atoms with Crippen molar-refractivity contribution in [1.29, 1.82) is 0 Å². The van der Waals surface area contributed by atoms with Crippen LogP contribution in [0, 0.1) is 0 Å². The molecule has 2 saturated carbocycles. The number of carbonyl (C=O) groups is 2. The fourth-order valence-electron chi connectivity index (χ4n) is 4.24. The Kier molecular flexibility index (Phi) is 8.20. The first kappa shape index (κ1) is 26.3. The van der Waals surface area contributed by atoms with Crippen molar-refractivity contribution in [3.8, 4) is 17.2 Å². The number of phenols is 1. The summed E-state index contributed by atoms with van der Waals surface area (Å²) >= 11 is 0. The van der Waals surface area contributed by atoms with Crippen LogP contribution in [0.2, 0.25) is 0 Å². The third-order valence-corrected chi connectivity index (χ3v) is 6.63. The zero-order valence-electron chi connectivity index (χ0n) is 21.5. The highest BCUT2D eigenvalue weighted by molar-refractivity contribution is 5.92. The van der Waals surface area contributed by atoms with E-state index in [1.54, 1.807) is 12.1 Å². The number of aromatic nitrogens is 2. The molecule has 4 N–H and O–H groups in total. The van der Waals surface area contributed by atoms with Crippen LogP contribution in [0.3, 0.4) is 0 Å². The number of anilines is 1. The molecule has 2 aromatic rings. The molecule has 0 radical (unpaired) electrons. The van der Waals surface area contributed by atoms with E-state index in [-0.39, 0.29) is 41.8 Å². The number of amides is 2. The summed E-state index contributed by atoms with van der Waals surface area (Å²) in [4.78, 5) is 28.9. The second-order valence-electron chi connectivity index (χ2n) is 9.86. The molecule has 1 heterocycles.